The quantitative estimate of drug-likeness (QED) is 0.828. The Balaban J connectivity index is 1.96. The Hall–Kier alpha value is -2.08. The summed E-state index contributed by atoms with van der Waals surface area (Å²) < 4.78 is 5.38. The first-order valence-corrected chi connectivity index (χ1v) is 7.04. The Labute approximate surface area is 124 Å². The fourth-order valence-electron chi connectivity index (χ4n) is 2.20. The number of benzene rings is 1. The van der Waals surface area contributed by atoms with Crippen LogP contribution in [0.4, 0.5) is 5.69 Å². The molecule has 0 atom stereocenters. The van der Waals surface area contributed by atoms with Crippen LogP contribution in [0.5, 0.6) is 5.75 Å². The second-order valence-electron chi connectivity index (χ2n) is 4.97. The number of carbonyl (C=O) groups excluding carboxylic acids is 2. The molecule has 21 heavy (non-hydrogen) atoms. The van der Waals surface area contributed by atoms with Gasteiger partial charge >= 0.3 is 0 Å². The molecule has 1 heterocycles. The van der Waals surface area contributed by atoms with Crippen LogP contribution in [0.15, 0.2) is 24.3 Å². The summed E-state index contributed by atoms with van der Waals surface area (Å²) in [5, 5.41) is 3.00. The van der Waals surface area contributed by atoms with Gasteiger partial charge in [0, 0.05) is 33.1 Å². The van der Waals surface area contributed by atoms with Crippen molar-refractivity contribution in [3.05, 3.63) is 24.3 Å². The minimum Gasteiger partial charge on any atom is -0.482 e. The summed E-state index contributed by atoms with van der Waals surface area (Å²) in [4.78, 5) is 27.3. The van der Waals surface area contributed by atoms with Crippen LogP contribution in [0, 0.1) is 0 Å². The largest absolute Gasteiger partial charge is 0.482 e. The molecule has 0 aromatic heterocycles. The molecular formula is C15H21N3O3. The lowest BCUT2D eigenvalue weighted by molar-refractivity contribution is -0.129. The van der Waals surface area contributed by atoms with E-state index >= 15 is 0 Å². The monoisotopic (exact) mass is 291 g/mol. The van der Waals surface area contributed by atoms with Gasteiger partial charge < -0.3 is 19.9 Å². The molecule has 1 aromatic rings. The number of likely N-dealkylation sites (N-methyl/N-ethyl adjacent to an activating group) is 2. The van der Waals surface area contributed by atoms with Crippen molar-refractivity contribution in [1.29, 1.82) is 0 Å². The molecule has 1 N–H and O–H groups in total. The van der Waals surface area contributed by atoms with Gasteiger partial charge in [-0.3, -0.25) is 9.59 Å². The van der Waals surface area contributed by atoms with E-state index in [1.165, 1.54) is 0 Å². The van der Waals surface area contributed by atoms with Gasteiger partial charge in [0.15, 0.2) is 6.61 Å². The number of ether oxygens (including phenoxy) is 1. The van der Waals surface area contributed by atoms with E-state index in [0.29, 0.717) is 25.3 Å². The maximum Gasteiger partial charge on any atom is 0.265 e. The molecule has 0 unspecified atom stereocenters. The van der Waals surface area contributed by atoms with E-state index in [1.54, 1.807) is 16.8 Å². The van der Waals surface area contributed by atoms with Crippen molar-refractivity contribution in [2.45, 2.75) is 6.42 Å². The van der Waals surface area contributed by atoms with Crippen LogP contribution in [0.1, 0.15) is 6.42 Å². The van der Waals surface area contributed by atoms with Crippen LogP contribution >= 0.6 is 0 Å². The molecule has 0 radical (unpaired) electrons. The summed E-state index contributed by atoms with van der Waals surface area (Å²) >= 11 is 0. The van der Waals surface area contributed by atoms with Gasteiger partial charge in [-0.2, -0.15) is 0 Å². The van der Waals surface area contributed by atoms with Gasteiger partial charge in [0.25, 0.3) is 5.91 Å². The number of rotatable bonds is 6. The third kappa shape index (κ3) is 3.72. The third-order valence-electron chi connectivity index (χ3n) is 3.48. The number of amides is 2. The van der Waals surface area contributed by atoms with E-state index in [-0.39, 0.29) is 18.4 Å². The summed E-state index contributed by atoms with van der Waals surface area (Å²) in [6, 6.07) is 7.38. The van der Waals surface area contributed by atoms with Crippen LogP contribution in [-0.4, -0.2) is 57.1 Å². The first-order chi connectivity index (χ1) is 10.1. The summed E-state index contributed by atoms with van der Waals surface area (Å²) in [7, 11) is 3.62. The van der Waals surface area contributed by atoms with Crippen molar-refractivity contribution in [1.82, 2.24) is 10.2 Å². The molecule has 1 aliphatic heterocycles. The lowest BCUT2D eigenvalue weighted by atomic mass is 10.2. The van der Waals surface area contributed by atoms with Gasteiger partial charge in [0.2, 0.25) is 5.91 Å². The summed E-state index contributed by atoms with van der Waals surface area (Å²) in [6.07, 6.45) is 0.306. The number of para-hydroxylation sites is 2. The lowest BCUT2D eigenvalue weighted by Gasteiger charge is -2.29. The first kappa shape index (κ1) is 15.3. The summed E-state index contributed by atoms with van der Waals surface area (Å²) in [6.45, 7) is 1.81. The summed E-state index contributed by atoms with van der Waals surface area (Å²) in [5.41, 5.74) is 0.736. The molecule has 0 saturated heterocycles. The smallest absolute Gasteiger partial charge is 0.265 e. The highest BCUT2D eigenvalue weighted by molar-refractivity contribution is 5.98. The number of carbonyl (C=O) groups is 2. The molecule has 6 heteroatoms. The minimum absolute atomic E-state index is 0.0286. The van der Waals surface area contributed by atoms with Crippen LogP contribution in [0.3, 0.4) is 0 Å². The van der Waals surface area contributed by atoms with Gasteiger partial charge in [-0.15, -0.1) is 0 Å². The molecule has 114 valence electrons. The second-order valence-corrected chi connectivity index (χ2v) is 4.97. The second kappa shape index (κ2) is 7.08. The van der Waals surface area contributed by atoms with Crippen molar-refractivity contribution in [3.8, 4) is 5.75 Å². The Morgan fingerprint density at radius 2 is 2.19 bits per heavy atom. The number of fused-ring (bicyclic) bond motifs is 1. The molecule has 0 saturated carbocycles. The van der Waals surface area contributed by atoms with E-state index in [1.807, 2.05) is 31.3 Å². The van der Waals surface area contributed by atoms with Crippen molar-refractivity contribution in [2.75, 3.05) is 45.2 Å². The van der Waals surface area contributed by atoms with Crippen molar-refractivity contribution in [3.63, 3.8) is 0 Å². The normalized spacial score (nSPS) is 13.6. The predicted octanol–water partition coefficient (Wildman–Crippen LogP) is 0.480. The highest BCUT2D eigenvalue weighted by Gasteiger charge is 2.25. The van der Waals surface area contributed by atoms with Gasteiger partial charge in [-0.25, -0.2) is 0 Å². The molecule has 1 aromatic carbocycles. The summed E-state index contributed by atoms with van der Waals surface area (Å²) in [5.74, 6) is 0.606. The zero-order valence-corrected chi connectivity index (χ0v) is 12.5. The average molecular weight is 291 g/mol. The lowest BCUT2D eigenvalue weighted by Crippen LogP contribution is -2.41. The fourth-order valence-corrected chi connectivity index (χ4v) is 2.20. The van der Waals surface area contributed by atoms with Gasteiger partial charge in [0.1, 0.15) is 5.75 Å². The highest BCUT2D eigenvalue weighted by Crippen LogP contribution is 2.31. The zero-order valence-electron chi connectivity index (χ0n) is 12.5. The standard InChI is InChI=1S/C15H21N3O3/c1-16-8-10-17(2)14(19)7-9-18-12-5-3-4-6-13(12)21-11-15(18)20/h3-6,16H,7-11H2,1-2H3. The maximum absolute atomic E-state index is 12.0. The maximum atomic E-state index is 12.0. The van der Waals surface area contributed by atoms with Crippen molar-refractivity contribution < 1.29 is 14.3 Å². The van der Waals surface area contributed by atoms with E-state index < -0.39 is 0 Å². The van der Waals surface area contributed by atoms with Gasteiger partial charge in [-0.1, -0.05) is 12.1 Å². The van der Waals surface area contributed by atoms with E-state index in [9.17, 15) is 9.59 Å². The van der Waals surface area contributed by atoms with E-state index in [0.717, 1.165) is 12.2 Å². The van der Waals surface area contributed by atoms with Crippen LogP contribution in [0.2, 0.25) is 0 Å². The van der Waals surface area contributed by atoms with Crippen LogP contribution in [-0.2, 0) is 9.59 Å². The van der Waals surface area contributed by atoms with E-state index in [4.69, 9.17) is 4.74 Å². The molecule has 6 nitrogen and oxygen atoms in total. The number of anilines is 1. The third-order valence-corrected chi connectivity index (χ3v) is 3.48. The number of hydrogen-bond donors (Lipinski definition) is 1. The molecular weight excluding hydrogens is 270 g/mol. The molecule has 2 amide bonds. The fraction of sp³-hybridized carbons (Fsp3) is 0.467. The van der Waals surface area contributed by atoms with Crippen LogP contribution in [0.25, 0.3) is 0 Å². The molecule has 0 bridgehead atoms. The number of nitrogens with one attached hydrogen (secondary N) is 1. The van der Waals surface area contributed by atoms with E-state index in [2.05, 4.69) is 5.32 Å². The van der Waals surface area contributed by atoms with Gasteiger partial charge in [-0.05, 0) is 19.2 Å². The van der Waals surface area contributed by atoms with Crippen LogP contribution < -0.4 is 15.0 Å². The Kier molecular flexibility index (Phi) is 5.16. The zero-order chi connectivity index (χ0) is 15.2. The number of nitrogens with zero attached hydrogens (tertiary/aromatic N) is 2. The first-order valence-electron chi connectivity index (χ1n) is 7.04. The average Bonchev–Trinajstić information content (AvgIpc) is 2.51. The Morgan fingerprint density at radius 3 is 2.95 bits per heavy atom. The topological polar surface area (TPSA) is 61.9 Å². The number of hydrogen-bond acceptors (Lipinski definition) is 4. The molecule has 2 rings (SSSR count). The molecule has 0 aliphatic carbocycles. The van der Waals surface area contributed by atoms with Gasteiger partial charge in [0.05, 0.1) is 5.69 Å². The molecule has 0 fully saturated rings. The Bertz CT molecular complexity index is 519. The van der Waals surface area contributed by atoms with Crippen molar-refractivity contribution in [2.24, 2.45) is 0 Å². The molecule has 0 spiro atoms. The Morgan fingerprint density at radius 1 is 1.43 bits per heavy atom. The minimum atomic E-state index is -0.112. The SMILES string of the molecule is CNCCN(C)C(=O)CCN1C(=O)COc2ccccc21. The highest BCUT2D eigenvalue weighted by atomic mass is 16.5. The predicted molar refractivity (Wildman–Crippen MR) is 80.5 cm³/mol. The van der Waals surface area contributed by atoms with Crippen molar-refractivity contribution >= 4 is 17.5 Å². The molecule has 1 aliphatic rings.